The average molecular weight is 500 g/mol. The van der Waals surface area contributed by atoms with Crippen molar-refractivity contribution in [2.75, 3.05) is 26.2 Å². The van der Waals surface area contributed by atoms with Gasteiger partial charge in [0.15, 0.2) is 5.76 Å². The van der Waals surface area contributed by atoms with Gasteiger partial charge in [-0.25, -0.2) is 12.8 Å². The summed E-state index contributed by atoms with van der Waals surface area (Å²) in [5.41, 5.74) is 0.00123. The number of hydrogen-bond acceptors (Lipinski definition) is 6. The van der Waals surface area contributed by atoms with E-state index in [4.69, 9.17) is 4.42 Å². The van der Waals surface area contributed by atoms with Crippen LogP contribution in [0.25, 0.3) is 0 Å². The van der Waals surface area contributed by atoms with Gasteiger partial charge in [-0.05, 0) is 48.5 Å². The minimum Gasteiger partial charge on any atom is -0.459 e. The standard InChI is InChI=1S/C24H22FN3O6S/c25-18-10-8-17(9-11-18)21(29)26-22(35(32,33)19-5-2-1-3-6-19)24(31)28-14-12-27(13-15-28)23(30)20-7-4-16-34-20/h1-11,16,22H,12-15H2,(H,26,29)/t22-/m1/s1. The Morgan fingerprint density at radius 3 is 2.09 bits per heavy atom. The van der Waals surface area contributed by atoms with E-state index in [9.17, 15) is 27.2 Å². The van der Waals surface area contributed by atoms with Crippen LogP contribution in [-0.4, -0.2) is 67.5 Å². The van der Waals surface area contributed by atoms with Crippen molar-refractivity contribution in [1.29, 1.82) is 0 Å². The number of piperazine rings is 1. The highest BCUT2D eigenvalue weighted by Crippen LogP contribution is 2.19. The van der Waals surface area contributed by atoms with E-state index in [1.165, 1.54) is 58.5 Å². The molecule has 2 aromatic carbocycles. The highest BCUT2D eigenvalue weighted by atomic mass is 32.2. The Hall–Kier alpha value is -3.99. The highest BCUT2D eigenvalue weighted by Gasteiger charge is 2.39. The Morgan fingerprint density at radius 2 is 1.49 bits per heavy atom. The summed E-state index contributed by atoms with van der Waals surface area (Å²) < 4.78 is 45.1. The lowest BCUT2D eigenvalue weighted by Crippen LogP contribution is -2.57. The molecule has 1 aliphatic heterocycles. The van der Waals surface area contributed by atoms with Gasteiger partial charge in [0, 0.05) is 31.7 Å². The number of halogens is 1. The molecule has 1 aliphatic rings. The average Bonchev–Trinajstić information content (AvgIpc) is 3.42. The zero-order chi connectivity index (χ0) is 25.0. The largest absolute Gasteiger partial charge is 0.459 e. The van der Waals surface area contributed by atoms with Crippen LogP contribution in [-0.2, 0) is 14.6 Å². The number of sulfone groups is 1. The number of nitrogens with zero attached hydrogens (tertiary/aromatic N) is 2. The van der Waals surface area contributed by atoms with E-state index in [2.05, 4.69) is 5.32 Å². The van der Waals surface area contributed by atoms with Crippen LogP contribution in [0, 0.1) is 5.82 Å². The summed E-state index contributed by atoms with van der Waals surface area (Å²) in [5, 5.41) is 0.401. The van der Waals surface area contributed by atoms with Crippen molar-refractivity contribution in [3.8, 4) is 0 Å². The number of carbonyl (C=O) groups is 3. The molecular formula is C24H22FN3O6S. The molecule has 0 spiro atoms. The van der Waals surface area contributed by atoms with Gasteiger partial charge >= 0.3 is 0 Å². The predicted molar refractivity (Wildman–Crippen MR) is 122 cm³/mol. The first-order chi connectivity index (χ1) is 16.8. The second-order valence-corrected chi connectivity index (χ2v) is 9.85. The molecule has 11 heteroatoms. The van der Waals surface area contributed by atoms with Crippen molar-refractivity contribution in [3.63, 3.8) is 0 Å². The molecule has 1 atom stereocenters. The molecule has 35 heavy (non-hydrogen) atoms. The Morgan fingerprint density at radius 1 is 0.857 bits per heavy atom. The molecule has 0 radical (unpaired) electrons. The topological polar surface area (TPSA) is 117 Å². The fourth-order valence-corrected chi connectivity index (χ4v) is 5.16. The summed E-state index contributed by atoms with van der Waals surface area (Å²) in [6.07, 6.45) is 1.38. The lowest BCUT2D eigenvalue weighted by atomic mass is 10.2. The molecule has 1 saturated heterocycles. The first kappa shape index (κ1) is 24.1. The Balaban J connectivity index is 1.55. The van der Waals surface area contributed by atoms with Gasteiger partial charge in [-0.15, -0.1) is 0 Å². The maximum absolute atomic E-state index is 13.4. The molecule has 1 fully saturated rings. The number of benzene rings is 2. The van der Waals surface area contributed by atoms with Crippen LogP contribution in [0.1, 0.15) is 20.9 Å². The minimum absolute atomic E-state index is 0.00123. The van der Waals surface area contributed by atoms with E-state index in [0.717, 1.165) is 12.1 Å². The molecule has 3 aromatic rings. The zero-order valence-corrected chi connectivity index (χ0v) is 19.3. The molecule has 9 nitrogen and oxygen atoms in total. The zero-order valence-electron chi connectivity index (χ0n) is 18.5. The van der Waals surface area contributed by atoms with Crippen LogP contribution in [0.4, 0.5) is 4.39 Å². The summed E-state index contributed by atoms with van der Waals surface area (Å²) in [4.78, 5) is 41.3. The smallest absolute Gasteiger partial charge is 0.289 e. The van der Waals surface area contributed by atoms with Gasteiger partial charge in [0.25, 0.3) is 17.7 Å². The predicted octanol–water partition coefficient (Wildman–Crippen LogP) is 1.93. The number of nitrogens with one attached hydrogen (secondary N) is 1. The highest BCUT2D eigenvalue weighted by molar-refractivity contribution is 7.92. The van der Waals surface area contributed by atoms with Gasteiger partial charge in [-0.1, -0.05) is 18.2 Å². The van der Waals surface area contributed by atoms with Crippen molar-refractivity contribution in [2.45, 2.75) is 10.3 Å². The summed E-state index contributed by atoms with van der Waals surface area (Å²) in [6, 6.07) is 15.0. The fraction of sp³-hybridized carbons (Fsp3) is 0.208. The minimum atomic E-state index is -4.32. The number of hydrogen-bond donors (Lipinski definition) is 1. The first-order valence-corrected chi connectivity index (χ1v) is 12.3. The molecule has 0 unspecified atom stereocenters. The van der Waals surface area contributed by atoms with E-state index in [1.54, 1.807) is 12.1 Å². The second kappa shape index (κ2) is 10.1. The summed E-state index contributed by atoms with van der Waals surface area (Å²) in [6.45, 7) is 0.460. The van der Waals surface area contributed by atoms with Gasteiger partial charge in [0.05, 0.1) is 11.2 Å². The maximum atomic E-state index is 13.4. The third kappa shape index (κ3) is 5.24. The summed E-state index contributed by atoms with van der Waals surface area (Å²) in [5.74, 6) is -2.39. The van der Waals surface area contributed by atoms with E-state index < -0.39 is 32.8 Å². The quantitative estimate of drug-likeness (QED) is 0.554. The van der Waals surface area contributed by atoms with Crippen LogP contribution in [0.3, 0.4) is 0 Å². The second-order valence-electron chi connectivity index (χ2n) is 7.81. The molecule has 0 bridgehead atoms. The lowest BCUT2D eigenvalue weighted by Gasteiger charge is -2.36. The molecule has 0 aliphatic carbocycles. The van der Waals surface area contributed by atoms with Crippen molar-refractivity contribution in [1.82, 2.24) is 15.1 Å². The monoisotopic (exact) mass is 499 g/mol. The molecule has 0 saturated carbocycles. The molecular weight excluding hydrogens is 477 g/mol. The molecule has 3 amide bonds. The van der Waals surface area contributed by atoms with Crippen LogP contribution in [0.5, 0.6) is 0 Å². The third-order valence-electron chi connectivity index (χ3n) is 5.59. The molecule has 4 rings (SSSR count). The van der Waals surface area contributed by atoms with E-state index in [-0.39, 0.29) is 48.3 Å². The molecule has 182 valence electrons. The van der Waals surface area contributed by atoms with E-state index >= 15 is 0 Å². The van der Waals surface area contributed by atoms with Crippen LogP contribution in [0.2, 0.25) is 0 Å². The normalized spacial score (nSPS) is 14.9. The van der Waals surface area contributed by atoms with Crippen molar-refractivity contribution in [3.05, 3.63) is 90.1 Å². The van der Waals surface area contributed by atoms with Crippen molar-refractivity contribution < 1.29 is 31.6 Å². The molecule has 2 heterocycles. The molecule has 1 N–H and O–H groups in total. The van der Waals surface area contributed by atoms with Crippen molar-refractivity contribution >= 4 is 27.6 Å². The van der Waals surface area contributed by atoms with Crippen LogP contribution in [0.15, 0.2) is 82.3 Å². The van der Waals surface area contributed by atoms with Gasteiger partial charge in [-0.3, -0.25) is 14.4 Å². The van der Waals surface area contributed by atoms with Gasteiger partial charge in [0.1, 0.15) is 5.82 Å². The molecule has 1 aromatic heterocycles. The van der Waals surface area contributed by atoms with Crippen molar-refractivity contribution in [2.24, 2.45) is 0 Å². The number of rotatable bonds is 6. The summed E-state index contributed by atoms with van der Waals surface area (Å²) in [7, 11) is -4.32. The van der Waals surface area contributed by atoms with Crippen LogP contribution < -0.4 is 5.32 Å². The van der Waals surface area contributed by atoms with Gasteiger partial charge in [-0.2, -0.15) is 0 Å². The third-order valence-corrected chi connectivity index (χ3v) is 7.45. The summed E-state index contributed by atoms with van der Waals surface area (Å²) >= 11 is 0. The fourth-order valence-electron chi connectivity index (χ4n) is 3.67. The van der Waals surface area contributed by atoms with E-state index in [1.807, 2.05) is 0 Å². The SMILES string of the molecule is O=C(N[C@@H](C(=O)N1CCN(C(=O)c2ccco2)CC1)S(=O)(=O)c1ccccc1)c1ccc(F)cc1. The van der Waals surface area contributed by atoms with Gasteiger partial charge < -0.3 is 19.5 Å². The van der Waals surface area contributed by atoms with E-state index in [0.29, 0.717) is 0 Å². The Labute approximate surface area is 201 Å². The number of amides is 3. The Kier molecular flexibility index (Phi) is 6.97. The number of carbonyl (C=O) groups excluding carboxylic acids is 3. The van der Waals surface area contributed by atoms with Crippen LogP contribution >= 0.6 is 0 Å². The maximum Gasteiger partial charge on any atom is 0.289 e. The van der Waals surface area contributed by atoms with Gasteiger partial charge in [0.2, 0.25) is 15.2 Å². The number of furan rings is 1. The first-order valence-electron chi connectivity index (χ1n) is 10.7. The lowest BCUT2D eigenvalue weighted by molar-refractivity contribution is -0.132. The Bertz CT molecular complexity index is 1300.